The lowest BCUT2D eigenvalue weighted by Crippen LogP contribution is -2.25. The van der Waals surface area contributed by atoms with Crippen molar-refractivity contribution in [2.75, 3.05) is 5.73 Å². The van der Waals surface area contributed by atoms with E-state index < -0.39 is 5.97 Å². The van der Waals surface area contributed by atoms with E-state index in [-0.39, 0.29) is 16.9 Å². The fourth-order valence-electron chi connectivity index (χ4n) is 1.96. The van der Waals surface area contributed by atoms with Crippen molar-refractivity contribution in [3.63, 3.8) is 0 Å². The molecule has 106 valence electrons. The summed E-state index contributed by atoms with van der Waals surface area (Å²) >= 11 is 3.35. The summed E-state index contributed by atoms with van der Waals surface area (Å²) in [5.41, 5.74) is 6.73. The highest BCUT2D eigenvalue weighted by atomic mass is 79.9. The van der Waals surface area contributed by atoms with Crippen LogP contribution in [0, 0.1) is 0 Å². The molecule has 1 heterocycles. The number of aromatic carboxylic acids is 1. The molecule has 0 aliphatic carbocycles. The maximum atomic E-state index is 11.5. The third-order valence-corrected chi connectivity index (χ3v) is 3.42. The quantitative estimate of drug-likeness (QED) is 0.880. The van der Waals surface area contributed by atoms with Gasteiger partial charge in [0, 0.05) is 10.0 Å². The second kappa shape index (κ2) is 4.94. The van der Waals surface area contributed by atoms with Gasteiger partial charge < -0.3 is 10.8 Å². The Labute approximate surface area is 125 Å². The van der Waals surface area contributed by atoms with Crippen LogP contribution in [0.3, 0.4) is 0 Å². The van der Waals surface area contributed by atoms with Crippen LogP contribution in [0.4, 0.5) is 5.82 Å². The van der Waals surface area contributed by atoms with Gasteiger partial charge in [-0.15, -0.1) is 0 Å². The monoisotopic (exact) mass is 337 g/mol. The Kier molecular flexibility index (Phi) is 3.60. The molecular weight excluding hydrogens is 322 g/mol. The Morgan fingerprint density at radius 2 is 1.85 bits per heavy atom. The minimum Gasteiger partial charge on any atom is -0.477 e. The second-order valence-electron chi connectivity index (χ2n) is 5.50. The molecule has 0 radical (unpaired) electrons. The van der Waals surface area contributed by atoms with Crippen LogP contribution >= 0.6 is 15.9 Å². The van der Waals surface area contributed by atoms with Crippen molar-refractivity contribution in [3.05, 3.63) is 34.3 Å². The largest absolute Gasteiger partial charge is 0.477 e. The van der Waals surface area contributed by atoms with Gasteiger partial charge in [0.05, 0.1) is 5.54 Å². The molecule has 6 heteroatoms. The first-order valence-electron chi connectivity index (χ1n) is 6.10. The third-order valence-electron chi connectivity index (χ3n) is 2.89. The predicted molar refractivity (Wildman–Crippen MR) is 81.7 cm³/mol. The molecule has 0 unspecified atom stereocenters. The maximum absolute atomic E-state index is 11.5. The van der Waals surface area contributed by atoms with Gasteiger partial charge >= 0.3 is 5.97 Å². The van der Waals surface area contributed by atoms with Crippen LogP contribution in [0.25, 0.3) is 11.3 Å². The fraction of sp³-hybridized carbons (Fsp3) is 0.286. The Morgan fingerprint density at radius 1 is 1.30 bits per heavy atom. The molecule has 0 atom stereocenters. The van der Waals surface area contributed by atoms with E-state index in [1.54, 1.807) is 4.68 Å². The van der Waals surface area contributed by atoms with Crippen LogP contribution in [-0.2, 0) is 5.54 Å². The van der Waals surface area contributed by atoms with Crippen molar-refractivity contribution in [1.29, 1.82) is 0 Å². The number of benzene rings is 1. The number of halogens is 1. The van der Waals surface area contributed by atoms with Crippen LogP contribution in [0.5, 0.6) is 0 Å². The van der Waals surface area contributed by atoms with Gasteiger partial charge in [0.25, 0.3) is 0 Å². The first-order valence-corrected chi connectivity index (χ1v) is 6.89. The van der Waals surface area contributed by atoms with Crippen molar-refractivity contribution in [3.8, 4) is 11.3 Å². The molecule has 0 saturated carbocycles. The summed E-state index contributed by atoms with van der Waals surface area (Å²) in [5.74, 6) is -0.904. The molecule has 2 rings (SSSR count). The second-order valence-corrected chi connectivity index (χ2v) is 6.42. The summed E-state index contributed by atoms with van der Waals surface area (Å²) in [6.45, 7) is 5.77. The van der Waals surface area contributed by atoms with E-state index in [0.717, 1.165) is 10.0 Å². The van der Waals surface area contributed by atoms with Gasteiger partial charge in [0.2, 0.25) is 0 Å². The van der Waals surface area contributed by atoms with Gasteiger partial charge in [-0.3, -0.25) is 0 Å². The maximum Gasteiger partial charge on any atom is 0.341 e. The van der Waals surface area contributed by atoms with E-state index >= 15 is 0 Å². The number of carboxylic acids is 1. The topological polar surface area (TPSA) is 81.1 Å². The van der Waals surface area contributed by atoms with Gasteiger partial charge in [0.1, 0.15) is 17.1 Å². The Morgan fingerprint density at radius 3 is 2.30 bits per heavy atom. The first kappa shape index (κ1) is 14.6. The van der Waals surface area contributed by atoms with E-state index in [0.29, 0.717) is 5.69 Å². The van der Waals surface area contributed by atoms with Gasteiger partial charge in [-0.1, -0.05) is 28.1 Å². The smallest absolute Gasteiger partial charge is 0.341 e. The number of carbonyl (C=O) groups is 1. The number of nitrogens with zero attached hydrogens (tertiary/aromatic N) is 2. The number of aromatic nitrogens is 2. The van der Waals surface area contributed by atoms with Crippen LogP contribution in [0.1, 0.15) is 31.1 Å². The molecule has 2 aromatic rings. The molecule has 20 heavy (non-hydrogen) atoms. The van der Waals surface area contributed by atoms with E-state index in [1.165, 1.54) is 0 Å². The molecular formula is C14H16BrN3O2. The Balaban J connectivity index is 2.69. The highest BCUT2D eigenvalue weighted by molar-refractivity contribution is 9.10. The van der Waals surface area contributed by atoms with E-state index in [2.05, 4.69) is 21.0 Å². The van der Waals surface area contributed by atoms with Crippen LogP contribution in [-0.4, -0.2) is 20.9 Å². The zero-order valence-corrected chi connectivity index (χ0v) is 13.1. The molecule has 1 aromatic carbocycles. The standard InChI is InChI=1S/C14H16BrN3O2/c1-14(2,3)18-12(16)10(13(19)20)11(17-18)8-4-6-9(15)7-5-8/h4-7H,16H2,1-3H3,(H,19,20). The van der Waals surface area contributed by atoms with Crippen molar-refractivity contribution in [2.45, 2.75) is 26.3 Å². The molecule has 0 saturated heterocycles. The van der Waals surface area contributed by atoms with E-state index in [4.69, 9.17) is 5.73 Å². The SMILES string of the molecule is CC(C)(C)n1nc(-c2ccc(Br)cc2)c(C(=O)O)c1N. The highest BCUT2D eigenvalue weighted by Gasteiger charge is 2.27. The fourth-order valence-corrected chi connectivity index (χ4v) is 2.23. The molecule has 0 aliphatic heterocycles. The van der Waals surface area contributed by atoms with Crippen molar-refractivity contribution >= 4 is 27.7 Å². The average Bonchev–Trinajstić information content (AvgIpc) is 2.67. The average molecular weight is 338 g/mol. The molecule has 0 aliphatic rings. The highest BCUT2D eigenvalue weighted by Crippen LogP contribution is 2.31. The lowest BCUT2D eigenvalue weighted by Gasteiger charge is -2.20. The molecule has 3 N–H and O–H groups in total. The molecule has 0 amide bonds. The summed E-state index contributed by atoms with van der Waals surface area (Å²) in [4.78, 5) is 11.5. The molecule has 5 nitrogen and oxygen atoms in total. The van der Waals surface area contributed by atoms with Crippen LogP contribution < -0.4 is 5.73 Å². The molecule has 0 spiro atoms. The van der Waals surface area contributed by atoms with Crippen molar-refractivity contribution in [2.24, 2.45) is 0 Å². The van der Waals surface area contributed by atoms with Crippen molar-refractivity contribution < 1.29 is 9.90 Å². The molecule has 0 bridgehead atoms. The summed E-state index contributed by atoms with van der Waals surface area (Å²) in [5, 5.41) is 13.8. The van der Waals surface area contributed by atoms with Gasteiger partial charge in [-0.25, -0.2) is 9.48 Å². The van der Waals surface area contributed by atoms with Crippen LogP contribution in [0.15, 0.2) is 28.7 Å². The normalized spacial score (nSPS) is 11.6. The number of anilines is 1. The summed E-state index contributed by atoms with van der Waals surface area (Å²) in [6, 6.07) is 7.30. The number of hydrogen-bond donors (Lipinski definition) is 2. The Hall–Kier alpha value is -1.82. The van der Waals surface area contributed by atoms with Gasteiger partial charge in [0.15, 0.2) is 0 Å². The molecule has 1 aromatic heterocycles. The molecule has 0 fully saturated rings. The van der Waals surface area contributed by atoms with Gasteiger partial charge in [-0.2, -0.15) is 5.10 Å². The third kappa shape index (κ3) is 2.56. The number of nitrogens with two attached hydrogens (primary N) is 1. The van der Waals surface area contributed by atoms with E-state index in [9.17, 15) is 9.90 Å². The Bertz CT molecular complexity index is 654. The number of rotatable bonds is 2. The minimum absolute atomic E-state index is 0.0437. The number of carboxylic acid groups (broad SMARTS) is 1. The lowest BCUT2D eigenvalue weighted by molar-refractivity contribution is 0.0699. The number of nitrogen functional groups attached to an aromatic ring is 1. The van der Waals surface area contributed by atoms with E-state index in [1.807, 2.05) is 45.0 Å². The van der Waals surface area contributed by atoms with Gasteiger partial charge in [-0.05, 0) is 32.9 Å². The summed E-state index contributed by atoms with van der Waals surface area (Å²) in [6.07, 6.45) is 0. The first-order chi connectivity index (χ1) is 9.21. The summed E-state index contributed by atoms with van der Waals surface area (Å²) in [7, 11) is 0. The van der Waals surface area contributed by atoms with Crippen molar-refractivity contribution in [1.82, 2.24) is 9.78 Å². The van der Waals surface area contributed by atoms with Crippen LogP contribution in [0.2, 0.25) is 0 Å². The number of hydrogen-bond acceptors (Lipinski definition) is 3. The minimum atomic E-state index is -1.07. The zero-order chi connectivity index (χ0) is 15.1. The summed E-state index contributed by atoms with van der Waals surface area (Å²) < 4.78 is 2.47. The zero-order valence-electron chi connectivity index (χ0n) is 11.5. The lowest BCUT2D eigenvalue weighted by atomic mass is 10.1. The predicted octanol–water partition coefficient (Wildman–Crippen LogP) is 3.35.